The minimum absolute atomic E-state index is 0.0953. The number of primary amides is 1. The quantitative estimate of drug-likeness (QED) is 0.430. The number of Topliss-reactive ketones (excluding diaryl/α,β-unsaturated/α-hetero) is 2. The molecule has 0 unspecified atom stereocenters. The number of hydrogen-bond donors (Lipinski definition) is 5. The molecule has 4 aliphatic carbocycles. The molecule has 0 aliphatic heterocycles. The van der Waals surface area contributed by atoms with Gasteiger partial charge in [0.2, 0.25) is 5.78 Å². The molecule has 33 heavy (non-hydrogen) atoms. The Morgan fingerprint density at radius 3 is 2.36 bits per heavy atom. The van der Waals surface area contributed by atoms with Crippen LogP contribution in [0.4, 0.5) is 0 Å². The Bertz CT molecular complexity index is 1160. The second-order valence-electron chi connectivity index (χ2n) is 9.77. The van der Waals surface area contributed by atoms with Crippen LogP contribution in [0.15, 0.2) is 29.0 Å². The number of rotatable bonds is 2. The lowest BCUT2D eigenvalue weighted by Crippen LogP contribution is -2.58. The number of phenolic OH excluding ortho intramolecular Hbond substituents is 1. The fourth-order valence-electron chi connectivity index (χ4n) is 6.44. The molecular formula is C25H27NO7. The summed E-state index contributed by atoms with van der Waals surface area (Å²) in [7, 11) is 0. The van der Waals surface area contributed by atoms with Gasteiger partial charge in [-0.15, -0.1) is 0 Å². The van der Waals surface area contributed by atoms with E-state index in [0.717, 1.165) is 36.8 Å². The lowest BCUT2D eigenvalue weighted by Gasteiger charge is -2.46. The topological polar surface area (TPSA) is 158 Å². The number of fused-ring (bicyclic) bond motifs is 3. The van der Waals surface area contributed by atoms with E-state index in [0.29, 0.717) is 12.3 Å². The summed E-state index contributed by atoms with van der Waals surface area (Å²) < 4.78 is 0. The van der Waals surface area contributed by atoms with Gasteiger partial charge in [-0.05, 0) is 54.7 Å². The SMILES string of the molecule is NC(=O)C1=C(O)[C@@]2(O)C(=O)C3=C(O)c4c(O)ccc(C5CCCCC5)c4C[C@H]3C[C@H]2CC1=O. The van der Waals surface area contributed by atoms with E-state index in [9.17, 15) is 34.8 Å². The van der Waals surface area contributed by atoms with E-state index in [4.69, 9.17) is 5.73 Å². The molecule has 6 N–H and O–H groups in total. The van der Waals surface area contributed by atoms with E-state index in [1.165, 1.54) is 12.5 Å². The van der Waals surface area contributed by atoms with Crippen molar-refractivity contribution >= 4 is 23.2 Å². The summed E-state index contributed by atoms with van der Waals surface area (Å²) in [4.78, 5) is 37.7. The first-order valence-electron chi connectivity index (χ1n) is 11.5. The summed E-state index contributed by atoms with van der Waals surface area (Å²) in [6, 6.07) is 3.41. The van der Waals surface area contributed by atoms with E-state index < -0.39 is 52.0 Å². The van der Waals surface area contributed by atoms with Crippen molar-refractivity contribution in [2.24, 2.45) is 17.6 Å². The van der Waals surface area contributed by atoms with Crippen molar-refractivity contribution in [2.75, 3.05) is 0 Å². The molecular weight excluding hydrogens is 426 g/mol. The number of aromatic hydroxyl groups is 1. The highest BCUT2D eigenvalue weighted by atomic mass is 16.3. The molecule has 8 heteroatoms. The average Bonchev–Trinajstić information content (AvgIpc) is 2.76. The molecule has 1 amide bonds. The van der Waals surface area contributed by atoms with Crippen LogP contribution in [0.5, 0.6) is 5.75 Å². The Labute approximate surface area is 190 Å². The molecule has 1 aromatic carbocycles. The molecule has 8 nitrogen and oxygen atoms in total. The monoisotopic (exact) mass is 453 g/mol. The van der Waals surface area contributed by atoms with Crippen LogP contribution in [0.3, 0.4) is 0 Å². The van der Waals surface area contributed by atoms with Crippen molar-refractivity contribution in [3.05, 3.63) is 45.7 Å². The highest BCUT2D eigenvalue weighted by Crippen LogP contribution is 2.53. The summed E-state index contributed by atoms with van der Waals surface area (Å²) >= 11 is 0. The standard InChI is InChI=1S/C25H27NO7/c26-24(32)20-17(28)10-13-8-12-9-15-14(11-4-2-1-3-5-11)6-7-16(27)19(15)21(29)18(12)22(30)25(13,33)23(20)31/h6-7,11-13,27,29,31,33H,1-5,8-10H2,(H2,26,32)/t12-,13+,25+/m1/s1. The summed E-state index contributed by atoms with van der Waals surface area (Å²) in [5.41, 5.74) is 3.85. The average molecular weight is 453 g/mol. The van der Waals surface area contributed by atoms with Crippen molar-refractivity contribution < 1.29 is 34.8 Å². The summed E-state index contributed by atoms with van der Waals surface area (Å²) in [5, 5.41) is 43.7. The zero-order valence-electron chi connectivity index (χ0n) is 18.1. The van der Waals surface area contributed by atoms with Gasteiger partial charge in [-0.2, -0.15) is 0 Å². The van der Waals surface area contributed by atoms with Crippen LogP contribution in [0.2, 0.25) is 0 Å². The Balaban J connectivity index is 1.66. The minimum atomic E-state index is -2.52. The van der Waals surface area contributed by atoms with Gasteiger partial charge >= 0.3 is 0 Å². The first kappa shape index (κ1) is 21.7. The van der Waals surface area contributed by atoms with Crippen LogP contribution in [-0.2, 0) is 20.8 Å². The van der Waals surface area contributed by atoms with Crippen LogP contribution in [-0.4, -0.2) is 43.5 Å². The van der Waals surface area contributed by atoms with Crippen molar-refractivity contribution in [1.82, 2.24) is 0 Å². The maximum atomic E-state index is 13.5. The summed E-state index contributed by atoms with van der Waals surface area (Å²) in [6.07, 6.45) is 5.66. The third-order valence-corrected chi connectivity index (χ3v) is 8.03. The maximum Gasteiger partial charge on any atom is 0.255 e. The van der Waals surface area contributed by atoms with Crippen LogP contribution >= 0.6 is 0 Å². The number of phenols is 1. The van der Waals surface area contributed by atoms with Gasteiger partial charge < -0.3 is 26.2 Å². The molecule has 1 aromatic rings. The molecule has 0 bridgehead atoms. The first-order chi connectivity index (χ1) is 15.7. The predicted molar refractivity (Wildman–Crippen MR) is 117 cm³/mol. The minimum Gasteiger partial charge on any atom is -0.508 e. The zero-order chi connectivity index (χ0) is 23.7. The lowest BCUT2D eigenvalue weighted by molar-refractivity contribution is -0.147. The zero-order valence-corrected chi connectivity index (χ0v) is 18.1. The van der Waals surface area contributed by atoms with Crippen molar-refractivity contribution in [2.45, 2.75) is 62.9 Å². The Hall–Kier alpha value is -3.13. The van der Waals surface area contributed by atoms with Gasteiger partial charge in [-0.3, -0.25) is 14.4 Å². The van der Waals surface area contributed by atoms with Gasteiger partial charge in [0, 0.05) is 17.9 Å². The lowest BCUT2D eigenvalue weighted by atomic mass is 9.59. The summed E-state index contributed by atoms with van der Waals surface area (Å²) in [6.45, 7) is 0. The molecule has 3 atom stereocenters. The van der Waals surface area contributed by atoms with E-state index in [-0.39, 0.29) is 29.7 Å². The van der Waals surface area contributed by atoms with Crippen LogP contribution < -0.4 is 5.73 Å². The number of carbonyl (C=O) groups is 3. The van der Waals surface area contributed by atoms with E-state index >= 15 is 0 Å². The number of nitrogens with two attached hydrogens (primary N) is 1. The molecule has 0 heterocycles. The molecule has 5 rings (SSSR count). The van der Waals surface area contributed by atoms with Gasteiger partial charge in [-0.25, -0.2) is 0 Å². The number of carbonyl (C=O) groups excluding carboxylic acids is 3. The Morgan fingerprint density at radius 1 is 1.00 bits per heavy atom. The van der Waals surface area contributed by atoms with E-state index in [2.05, 4.69) is 0 Å². The maximum absolute atomic E-state index is 13.5. The molecule has 0 saturated heterocycles. The number of ketones is 2. The largest absolute Gasteiger partial charge is 0.508 e. The predicted octanol–water partition coefficient (Wildman–Crippen LogP) is 2.47. The molecule has 4 aliphatic rings. The first-order valence-corrected chi connectivity index (χ1v) is 11.5. The summed E-state index contributed by atoms with van der Waals surface area (Å²) in [5.74, 6) is -5.65. The highest BCUT2D eigenvalue weighted by Gasteiger charge is 2.60. The number of aliphatic hydroxyl groups excluding tert-OH is 2. The second kappa shape index (κ2) is 7.45. The molecule has 2 saturated carbocycles. The smallest absolute Gasteiger partial charge is 0.255 e. The number of aliphatic hydroxyl groups is 3. The van der Waals surface area contributed by atoms with Gasteiger partial charge in [0.15, 0.2) is 11.4 Å². The number of benzene rings is 1. The van der Waals surface area contributed by atoms with Gasteiger partial charge in [0.1, 0.15) is 22.8 Å². The molecule has 0 radical (unpaired) electrons. The van der Waals surface area contributed by atoms with E-state index in [1.807, 2.05) is 6.07 Å². The Morgan fingerprint density at radius 2 is 1.70 bits per heavy atom. The van der Waals surface area contributed by atoms with Crippen LogP contribution in [0, 0.1) is 11.8 Å². The molecule has 174 valence electrons. The van der Waals surface area contributed by atoms with Gasteiger partial charge in [0.05, 0.1) is 5.56 Å². The van der Waals surface area contributed by atoms with E-state index in [1.54, 1.807) is 0 Å². The third-order valence-electron chi connectivity index (χ3n) is 8.03. The van der Waals surface area contributed by atoms with Crippen molar-refractivity contribution in [3.8, 4) is 5.75 Å². The molecule has 0 aromatic heterocycles. The van der Waals surface area contributed by atoms with Gasteiger partial charge in [-0.1, -0.05) is 25.3 Å². The molecule has 2 fully saturated rings. The van der Waals surface area contributed by atoms with Crippen molar-refractivity contribution in [1.29, 1.82) is 0 Å². The van der Waals surface area contributed by atoms with Crippen LogP contribution in [0.1, 0.15) is 67.6 Å². The fourth-order valence-corrected chi connectivity index (χ4v) is 6.44. The third kappa shape index (κ3) is 2.96. The van der Waals surface area contributed by atoms with Crippen molar-refractivity contribution in [3.63, 3.8) is 0 Å². The van der Waals surface area contributed by atoms with Crippen LogP contribution in [0.25, 0.3) is 5.76 Å². The number of hydrogen-bond acceptors (Lipinski definition) is 7. The molecule has 0 spiro atoms. The highest BCUT2D eigenvalue weighted by molar-refractivity contribution is 6.22. The fraction of sp³-hybridized carbons (Fsp3) is 0.480. The normalized spacial score (nSPS) is 30.1. The number of amides is 1. The Kier molecular flexibility index (Phi) is 4.90. The van der Waals surface area contributed by atoms with Gasteiger partial charge in [0.25, 0.3) is 5.91 Å². The second-order valence-corrected chi connectivity index (χ2v) is 9.77.